The minimum Gasteiger partial charge on any atom is -0.379 e. The second-order valence-corrected chi connectivity index (χ2v) is 5.40. The Labute approximate surface area is 98.1 Å². The van der Waals surface area contributed by atoms with Crippen molar-refractivity contribution in [2.75, 3.05) is 20.2 Å². The number of amides is 1. The number of carbonyl (C=O) groups excluding carboxylic acids is 1. The summed E-state index contributed by atoms with van der Waals surface area (Å²) in [7, 11) is 1.70. The minimum absolute atomic E-state index is 0.114. The van der Waals surface area contributed by atoms with Gasteiger partial charge in [-0.3, -0.25) is 4.79 Å². The molecule has 94 valence electrons. The molecule has 2 unspecified atom stereocenters. The zero-order valence-electron chi connectivity index (χ0n) is 10.8. The van der Waals surface area contributed by atoms with E-state index < -0.39 is 0 Å². The lowest BCUT2D eigenvalue weighted by Crippen LogP contribution is -2.51. The molecule has 0 spiro atoms. The maximum absolute atomic E-state index is 11.8. The van der Waals surface area contributed by atoms with Crippen LogP contribution in [0.4, 0.5) is 0 Å². The first-order chi connectivity index (χ1) is 7.35. The molecule has 0 aromatic heterocycles. The number of hydrogen-bond acceptors (Lipinski definition) is 3. The molecule has 0 aromatic carbocycles. The Morgan fingerprint density at radius 3 is 2.75 bits per heavy atom. The number of piperidine rings is 1. The third-order valence-corrected chi connectivity index (χ3v) is 3.55. The Hall–Kier alpha value is -0.610. The topological polar surface area (TPSA) is 55.6 Å². The summed E-state index contributed by atoms with van der Waals surface area (Å²) in [6, 6.07) is 0.114. The van der Waals surface area contributed by atoms with E-state index in [4.69, 9.17) is 10.5 Å². The molecule has 1 saturated heterocycles. The molecule has 1 fully saturated rings. The largest absolute Gasteiger partial charge is 0.379 e. The zero-order chi connectivity index (χ0) is 12.3. The zero-order valence-corrected chi connectivity index (χ0v) is 10.8. The Kier molecular flexibility index (Phi) is 4.33. The highest BCUT2D eigenvalue weighted by Crippen LogP contribution is 2.19. The molecule has 4 nitrogen and oxygen atoms in total. The van der Waals surface area contributed by atoms with Crippen molar-refractivity contribution in [3.05, 3.63) is 0 Å². The van der Waals surface area contributed by atoms with Gasteiger partial charge in [0.1, 0.15) is 0 Å². The first kappa shape index (κ1) is 13.5. The van der Waals surface area contributed by atoms with E-state index in [2.05, 4.69) is 0 Å². The summed E-state index contributed by atoms with van der Waals surface area (Å²) in [5.41, 5.74) is 5.80. The summed E-state index contributed by atoms with van der Waals surface area (Å²) in [5, 5.41) is 0. The number of carbonyl (C=O) groups is 1. The molecule has 1 rings (SSSR count). The Morgan fingerprint density at radius 1 is 1.56 bits per heavy atom. The van der Waals surface area contributed by atoms with Crippen LogP contribution in [0, 0.1) is 5.92 Å². The van der Waals surface area contributed by atoms with Gasteiger partial charge < -0.3 is 15.4 Å². The first-order valence-corrected chi connectivity index (χ1v) is 5.94. The van der Waals surface area contributed by atoms with Crippen LogP contribution in [0.2, 0.25) is 0 Å². The van der Waals surface area contributed by atoms with Gasteiger partial charge in [0.05, 0.1) is 5.60 Å². The smallest absolute Gasteiger partial charge is 0.222 e. The summed E-state index contributed by atoms with van der Waals surface area (Å²) in [5.74, 6) is 0.528. The quantitative estimate of drug-likeness (QED) is 0.781. The lowest BCUT2D eigenvalue weighted by Gasteiger charge is -2.36. The lowest BCUT2D eigenvalue weighted by molar-refractivity contribution is -0.136. The molecule has 2 atom stereocenters. The molecule has 2 N–H and O–H groups in total. The minimum atomic E-state index is -0.173. The van der Waals surface area contributed by atoms with Crippen molar-refractivity contribution in [2.45, 2.75) is 45.3 Å². The van der Waals surface area contributed by atoms with Gasteiger partial charge in [0.2, 0.25) is 5.91 Å². The van der Waals surface area contributed by atoms with Crippen molar-refractivity contribution in [2.24, 2.45) is 11.7 Å². The maximum atomic E-state index is 11.8. The van der Waals surface area contributed by atoms with Crippen LogP contribution in [-0.2, 0) is 9.53 Å². The number of likely N-dealkylation sites (tertiary alicyclic amines) is 1. The van der Waals surface area contributed by atoms with Crippen molar-refractivity contribution in [3.8, 4) is 0 Å². The van der Waals surface area contributed by atoms with Gasteiger partial charge in [0.15, 0.2) is 0 Å². The predicted molar refractivity (Wildman–Crippen MR) is 64.0 cm³/mol. The van der Waals surface area contributed by atoms with E-state index >= 15 is 0 Å². The summed E-state index contributed by atoms with van der Waals surface area (Å²) < 4.78 is 5.34. The van der Waals surface area contributed by atoms with E-state index in [-0.39, 0.29) is 17.6 Å². The monoisotopic (exact) mass is 228 g/mol. The van der Waals surface area contributed by atoms with Gasteiger partial charge in [-0.2, -0.15) is 0 Å². The Bertz CT molecular complexity index is 253. The van der Waals surface area contributed by atoms with E-state index in [1.165, 1.54) is 0 Å². The predicted octanol–water partition coefficient (Wildman–Crippen LogP) is 0.997. The fourth-order valence-corrected chi connectivity index (χ4v) is 1.81. The second kappa shape index (κ2) is 5.15. The number of nitrogens with zero attached hydrogens (tertiary/aromatic N) is 1. The molecule has 0 aromatic rings. The number of ether oxygens (including phenoxy) is 1. The molecular weight excluding hydrogens is 204 g/mol. The van der Waals surface area contributed by atoms with Crippen molar-refractivity contribution in [1.82, 2.24) is 4.90 Å². The molecule has 0 saturated carbocycles. The molecule has 4 heteroatoms. The van der Waals surface area contributed by atoms with Gasteiger partial charge in [-0.1, -0.05) is 6.92 Å². The average Bonchev–Trinajstić information content (AvgIpc) is 2.22. The molecule has 1 amide bonds. The van der Waals surface area contributed by atoms with Gasteiger partial charge >= 0.3 is 0 Å². The van der Waals surface area contributed by atoms with Gasteiger partial charge in [-0.15, -0.1) is 0 Å². The van der Waals surface area contributed by atoms with E-state index in [1.54, 1.807) is 7.11 Å². The normalized spacial score (nSPS) is 27.3. The second-order valence-electron chi connectivity index (χ2n) is 5.40. The fraction of sp³-hybridized carbons (Fsp3) is 0.917. The molecule has 0 radical (unpaired) electrons. The standard InChI is InChI=1S/C12H24N2O2/c1-9-7-11(15)14(8-10(9)13)6-5-12(2,3)16-4/h9-10H,5-8,13H2,1-4H3. The molecule has 0 aliphatic carbocycles. The van der Waals surface area contributed by atoms with Crippen LogP contribution in [0.1, 0.15) is 33.6 Å². The number of nitrogens with two attached hydrogens (primary N) is 1. The summed E-state index contributed by atoms with van der Waals surface area (Å²) in [6.07, 6.45) is 1.42. The SMILES string of the molecule is COC(C)(C)CCN1CC(N)C(C)CC1=O. The van der Waals surface area contributed by atoms with E-state index in [0.717, 1.165) is 13.0 Å². The molecule has 16 heavy (non-hydrogen) atoms. The maximum Gasteiger partial charge on any atom is 0.222 e. The van der Waals surface area contributed by atoms with Crippen LogP contribution in [0.3, 0.4) is 0 Å². The van der Waals surface area contributed by atoms with Crippen molar-refractivity contribution < 1.29 is 9.53 Å². The van der Waals surface area contributed by atoms with E-state index in [0.29, 0.717) is 18.9 Å². The summed E-state index contributed by atoms with van der Waals surface area (Å²) >= 11 is 0. The van der Waals surface area contributed by atoms with Crippen molar-refractivity contribution in [3.63, 3.8) is 0 Å². The van der Waals surface area contributed by atoms with Crippen molar-refractivity contribution in [1.29, 1.82) is 0 Å². The van der Waals surface area contributed by atoms with Gasteiger partial charge in [0.25, 0.3) is 0 Å². The molecule has 0 bridgehead atoms. The third-order valence-electron chi connectivity index (χ3n) is 3.55. The van der Waals surface area contributed by atoms with E-state index in [1.807, 2.05) is 25.7 Å². The molecular formula is C12H24N2O2. The Morgan fingerprint density at radius 2 is 2.19 bits per heavy atom. The van der Waals surface area contributed by atoms with Crippen LogP contribution in [-0.4, -0.2) is 42.6 Å². The van der Waals surface area contributed by atoms with Gasteiger partial charge in [-0.25, -0.2) is 0 Å². The summed E-state index contributed by atoms with van der Waals surface area (Å²) in [6.45, 7) is 7.52. The highest BCUT2D eigenvalue weighted by Gasteiger charge is 2.30. The Balaban J connectivity index is 2.46. The fourth-order valence-electron chi connectivity index (χ4n) is 1.81. The van der Waals surface area contributed by atoms with Crippen LogP contribution in [0.15, 0.2) is 0 Å². The number of rotatable bonds is 4. The summed E-state index contributed by atoms with van der Waals surface area (Å²) in [4.78, 5) is 13.7. The van der Waals surface area contributed by atoms with Crippen LogP contribution < -0.4 is 5.73 Å². The van der Waals surface area contributed by atoms with Gasteiger partial charge in [0, 0.05) is 32.7 Å². The number of hydrogen-bond donors (Lipinski definition) is 1. The van der Waals surface area contributed by atoms with Crippen molar-refractivity contribution >= 4 is 5.91 Å². The highest BCUT2D eigenvalue weighted by molar-refractivity contribution is 5.77. The lowest BCUT2D eigenvalue weighted by atomic mass is 9.93. The highest BCUT2D eigenvalue weighted by atomic mass is 16.5. The molecule has 1 aliphatic heterocycles. The molecule has 1 heterocycles. The molecule has 1 aliphatic rings. The van der Waals surface area contributed by atoms with Crippen LogP contribution in [0.5, 0.6) is 0 Å². The average molecular weight is 228 g/mol. The third kappa shape index (κ3) is 3.46. The van der Waals surface area contributed by atoms with Gasteiger partial charge in [-0.05, 0) is 26.2 Å². The van der Waals surface area contributed by atoms with Crippen LogP contribution >= 0.6 is 0 Å². The van der Waals surface area contributed by atoms with Crippen LogP contribution in [0.25, 0.3) is 0 Å². The first-order valence-electron chi connectivity index (χ1n) is 5.94. The van der Waals surface area contributed by atoms with E-state index in [9.17, 15) is 4.79 Å². The number of methoxy groups -OCH3 is 1.